The molecule has 2 N–H and O–H groups in total. The van der Waals surface area contributed by atoms with E-state index in [-0.39, 0.29) is 11.6 Å². The van der Waals surface area contributed by atoms with E-state index in [9.17, 15) is 4.79 Å². The highest BCUT2D eigenvalue weighted by Gasteiger charge is 2.47. The lowest BCUT2D eigenvalue weighted by Gasteiger charge is -2.54. The van der Waals surface area contributed by atoms with E-state index in [4.69, 9.17) is 0 Å². The highest BCUT2D eigenvalue weighted by Crippen LogP contribution is 2.35. The minimum absolute atomic E-state index is 0.0787. The van der Waals surface area contributed by atoms with Crippen LogP contribution >= 0.6 is 0 Å². The van der Waals surface area contributed by atoms with Crippen molar-refractivity contribution in [2.75, 3.05) is 26.7 Å². The van der Waals surface area contributed by atoms with Gasteiger partial charge in [0.15, 0.2) is 0 Å². The summed E-state index contributed by atoms with van der Waals surface area (Å²) >= 11 is 0. The molecule has 0 aromatic heterocycles. The first-order chi connectivity index (χ1) is 6.28. The third-order valence-electron chi connectivity index (χ3n) is 3.28. The first kappa shape index (κ1) is 8.81. The number of amides is 2. The largest absolute Gasteiger partial charge is 0.341 e. The number of urea groups is 1. The number of carbonyl (C=O) groups excluding carboxylic acids is 1. The molecule has 0 radical (unpaired) electrons. The molecule has 0 saturated carbocycles. The van der Waals surface area contributed by atoms with Crippen LogP contribution in [-0.2, 0) is 0 Å². The maximum atomic E-state index is 11.5. The van der Waals surface area contributed by atoms with Gasteiger partial charge in [-0.05, 0) is 25.8 Å². The minimum atomic E-state index is 0.0787. The first-order valence-corrected chi connectivity index (χ1v) is 4.99. The molecule has 0 unspecified atom stereocenters. The maximum absolute atomic E-state index is 11.5. The van der Waals surface area contributed by atoms with Gasteiger partial charge in [-0.25, -0.2) is 4.79 Å². The van der Waals surface area contributed by atoms with Crippen LogP contribution in [0.2, 0.25) is 0 Å². The fourth-order valence-corrected chi connectivity index (χ4v) is 2.39. The molecule has 1 spiro atoms. The van der Waals surface area contributed by atoms with Gasteiger partial charge < -0.3 is 15.5 Å². The second-order valence-electron chi connectivity index (χ2n) is 3.96. The van der Waals surface area contributed by atoms with Crippen LogP contribution in [0.3, 0.4) is 0 Å². The van der Waals surface area contributed by atoms with E-state index in [0.29, 0.717) is 0 Å². The molecule has 2 amide bonds. The molecule has 4 heteroatoms. The normalized spacial score (nSPS) is 32.8. The third kappa shape index (κ3) is 1.29. The van der Waals surface area contributed by atoms with Gasteiger partial charge in [0.1, 0.15) is 0 Å². The van der Waals surface area contributed by atoms with Gasteiger partial charge in [-0.3, -0.25) is 0 Å². The van der Waals surface area contributed by atoms with Gasteiger partial charge in [0.25, 0.3) is 0 Å². The Hall–Kier alpha value is -0.770. The third-order valence-corrected chi connectivity index (χ3v) is 3.28. The minimum Gasteiger partial charge on any atom is -0.341 e. The van der Waals surface area contributed by atoms with Gasteiger partial charge >= 0.3 is 6.03 Å². The predicted octanol–water partition coefficient (Wildman–Crippen LogP) is 0.154. The Balaban J connectivity index is 2.02. The van der Waals surface area contributed by atoms with Crippen LogP contribution in [0.1, 0.15) is 19.3 Å². The molecule has 4 nitrogen and oxygen atoms in total. The Morgan fingerprint density at radius 2 is 2.38 bits per heavy atom. The standard InChI is InChI=1S/C9H17N3O/c1-10-8(13)12-6-4-9(12)3-2-5-11-7-9/h11H,2-7H2,1H3,(H,10,13)/t9-/m0/s1. The first-order valence-electron chi connectivity index (χ1n) is 4.99. The zero-order valence-corrected chi connectivity index (χ0v) is 8.10. The molecular weight excluding hydrogens is 166 g/mol. The van der Waals surface area contributed by atoms with Crippen LogP contribution in [0, 0.1) is 0 Å². The number of hydrogen-bond donors (Lipinski definition) is 2. The van der Waals surface area contributed by atoms with Gasteiger partial charge in [0.2, 0.25) is 0 Å². The fourth-order valence-electron chi connectivity index (χ4n) is 2.39. The Morgan fingerprint density at radius 3 is 2.85 bits per heavy atom. The Kier molecular flexibility index (Phi) is 2.15. The van der Waals surface area contributed by atoms with E-state index >= 15 is 0 Å². The lowest BCUT2D eigenvalue weighted by atomic mass is 9.79. The monoisotopic (exact) mass is 183 g/mol. The number of piperidine rings is 1. The molecule has 13 heavy (non-hydrogen) atoms. The van der Waals surface area contributed by atoms with E-state index in [0.717, 1.165) is 32.5 Å². The molecule has 2 fully saturated rings. The van der Waals surface area contributed by atoms with Crippen molar-refractivity contribution in [2.24, 2.45) is 0 Å². The summed E-state index contributed by atoms with van der Waals surface area (Å²) in [6.07, 6.45) is 3.51. The quantitative estimate of drug-likeness (QED) is 0.561. The summed E-state index contributed by atoms with van der Waals surface area (Å²) < 4.78 is 0. The average molecular weight is 183 g/mol. The second-order valence-corrected chi connectivity index (χ2v) is 3.96. The van der Waals surface area contributed by atoms with Crippen LogP contribution in [0.25, 0.3) is 0 Å². The number of likely N-dealkylation sites (tertiary alicyclic amines) is 1. The summed E-state index contributed by atoms with van der Waals surface area (Å²) in [5, 5.41) is 6.06. The lowest BCUT2D eigenvalue weighted by Crippen LogP contribution is -2.69. The summed E-state index contributed by atoms with van der Waals surface area (Å²) in [5.74, 6) is 0. The number of carbonyl (C=O) groups is 1. The SMILES string of the molecule is CNC(=O)N1CC[C@]12CCCNC2. The molecule has 1 atom stereocenters. The molecule has 2 heterocycles. The number of nitrogens with one attached hydrogen (secondary N) is 2. The predicted molar refractivity (Wildman–Crippen MR) is 50.6 cm³/mol. The number of rotatable bonds is 0. The van der Waals surface area contributed by atoms with Gasteiger partial charge in [-0.15, -0.1) is 0 Å². The molecular formula is C9H17N3O. The van der Waals surface area contributed by atoms with Crippen molar-refractivity contribution < 1.29 is 4.79 Å². The highest BCUT2D eigenvalue weighted by molar-refractivity contribution is 5.75. The summed E-state index contributed by atoms with van der Waals surface area (Å²) in [6, 6.07) is 0.0787. The lowest BCUT2D eigenvalue weighted by molar-refractivity contribution is 0.00585. The zero-order valence-electron chi connectivity index (χ0n) is 8.10. The van der Waals surface area contributed by atoms with Crippen molar-refractivity contribution in [1.29, 1.82) is 0 Å². The second kappa shape index (κ2) is 3.18. The molecule has 74 valence electrons. The Morgan fingerprint density at radius 1 is 1.54 bits per heavy atom. The summed E-state index contributed by atoms with van der Waals surface area (Å²) in [6.45, 7) is 2.99. The van der Waals surface area contributed by atoms with Crippen molar-refractivity contribution >= 4 is 6.03 Å². The summed E-state index contributed by atoms with van der Waals surface area (Å²) in [5.41, 5.74) is 0.151. The molecule has 0 aliphatic carbocycles. The molecule has 0 aromatic carbocycles. The van der Waals surface area contributed by atoms with E-state index < -0.39 is 0 Å². The van der Waals surface area contributed by atoms with Crippen LogP contribution in [-0.4, -0.2) is 43.2 Å². The van der Waals surface area contributed by atoms with E-state index in [1.807, 2.05) is 4.90 Å². The van der Waals surface area contributed by atoms with Crippen LogP contribution in [0.15, 0.2) is 0 Å². The van der Waals surface area contributed by atoms with Gasteiger partial charge in [-0.2, -0.15) is 0 Å². The summed E-state index contributed by atoms with van der Waals surface area (Å²) in [7, 11) is 1.70. The Labute approximate surface area is 78.7 Å². The van der Waals surface area contributed by atoms with Crippen molar-refractivity contribution in [3.8, 4) is 0 Å². The average Bonchev–Trinajstić information content (AvgIpc) is 2.17. The number of nitrogens with zero attached hydrogens (tertiary/aromatic N) is 1. The van der Waals surface area contributed by atoms with Crippen molar-refractivity contribution in [3.63, 3.8) is 0 Å². The van der Waals surface area contributed by atoms with Crippen molar-refractivity contribution in [1.82, 2.24) is 15.5 Å². The zero-order chi connectivity index (χ0) is 9.31. The van der Waals surface area contributed by atoms with Gasteiger partial charge in [0.05, 0.1) is 5.54 Å². The van der Waals surface area contributed by atoms with Crippen molar-refractivity contribution in [2.45, 2.75) is 24.8 Å². The van der Waals surface area contributed by atoms with Gasteiger partial charge in [-0.1, -0.05) is 0 Å². The summed E-state index contributed by atoms with van der Waals surface area (Å²) in [4.78, 5) is 13.4. The molecule has 2 rings (SSSR count). The van der Waals surface area contributed by atoms with E-state index in [1.165, 1.54) is 6.42 Å². The molecule has 2 saturated heterocycles. The molecule has 0 aromatic rings. The van der Waals surface area contributed by atoms with Crippen LogP contribution in [0.4, 0.5) is 4.79 Å². The molecule has 2 aliphatic heterocycles. The van der Waals surface area contributed by atoms with E-state index in [2.05, 4.69) is 10.6 Å². The van der Waals surface area contributed by atoms with E-state index in [1.54, 1.807) is 7.05 Å². The maximum Gasteiger partial charge on any atom is 0.317 e. The van der Waals surface area contributed by atoms with Crippen LogP contribution in [0.5, 0.6) is 0 Å². The van der Waals surface area contributed by atoms with Crippen molar-refractivity contribution in [3.05, 3.63) is 0 Å². The number of hydrogen-bond acceptors (Lipinski definition) is 2. The fraction of sp³-hybridized carbons (Fsp3) is 0.889. The highest BCUT2D eigenvalue weighted by atomic mass is 16.2. The van der Waals surface area contributed by atoms with Crippen LogP contribution < -0.4 is 10.6 Å². The molecule has 0 bridgehead atoms. The van der Waals surface area contributed by atoms with Gasteiger partial charge in [0, 0.05) is 20.1 Å². The topological polar surface area (TPSA) is 44.4 Å². The Bertz CT molecular complexity index is 211. The molecule has 2 aliphatic rings. The smallest absolute Gasteiger partial charge is 0.317 e.